The summed E-state index contributed by atoms with van der Waals surface area (Å²) in [5.41, 5.74) is 7.85. The SMILES string of the molecule is c1ccc(C2=NN(c3ccccc3)C(c3ccccc3)N(c3ccccc3)N2)cc1. The summed E-state index contributed by atoms with van der Waals surface area (Å²) < 4.78 is 0. The Hall–Kier alpha value is -4.05. The molecule has 4 aromatic carbocycles. The number of anilines is 2. The zero-order chi connectivity index (χ0) is 20.2. The number of nitrogens with zero attached hydrogens (tertiary/aromatic N) is 3. The van der Waals surface area contributed by atoms with E-state index in [0.29, 0.717) is 0 Å². The van der Waals surface area contributed by atoms with Gasteiger partial charge in [-0.2, -0.15) is 5.10 Å². The zero-order valence-corrected chi connectivity index (χ0v) is 16.5. The van der Waals surface area contributed by atoms with E-state index >= 15 is 0 Å². The minimum atomic E-state index is -0.150. The van der Waals surface area contributed by atoms with Gasteiger partial charge in [-0.15, -0.1) is 0 Å². The average molecular weight is 390 g/mol. The molecule has 0 radical (unpaired) electrons. The van der Waals surface area contributed by atoms with Crippen LogP contribution in [0.25, 0.3) is 0 Å². The molecule has 0 fully saturated rings. The molecular weight excluding hydrogens is 368 g/mol. The Kier molecular flexibility index (Phi) is 4.88. The molecule has 4 heteroatoms. The molecule has 146 valence electrons. The van der Waals surface area contributed by atoms with Gasteiger partial charge in [0.15, 0.2) is 12.0 Å². The molecule has 4 aromatic rings. The molecule has 0 spiro atoms. The summed E-state index contributed by atoms with van der Waals surface area (Å²) in [6, 6.07) is 41.3. The lowest BCUT2D eigenvalue weighted by atomic mass is 10.1. The van der Waals surface area contributed by atoms with Gasteiger partial charge in [0.1, 0.15) is 0 Å². The van der Waals surface area contributed by atoms with E-state index < -0.39 is 0 Å². The van der Waals surface area contributed by atoms with Crippen LogP contribution in [-0.2, 0) is 0 Å². The van der Waals surface area contributed by atoms with Crippen molar-refractivity contribution in [3.05, 3.63) is 132 Å². The third-order valence-corrected chi connectivity index (χ3v) is 5.11. The first-order chi connectivity index (χ1) is 14.9. The number of benzene rings is 4. The van der Waals surface area contributed by atoms with Crippen LogP contribution in [0.1, 0.15) is 17.3 Å². The van der Waals surface area contributed by atoms with Crippen LogP contribution in [0.5, 0.6) is 0 Å². The first kappa shape index (κ1) is 18.0. The van der Waals surface area contributed by atoms with Crippen molar-refractivity contribution >= 4 is 17.2 Å². The van der Waals surface area contributed by atoms with Crippen LogP contribution < -0.4 is 15.4 Å². The van der Waals surface area contributed by atoms with Gasteiger partial charge < -0.3 is 0 Å². The highest BCUT2D eigenvalue weighted by molar-refractivity contribution is 6.01. The Morgan fingerprint density at radius 1 is 0.567 bits per heavy atom. The van der Waals surface area contributed by atoms with Crippen LogP contribution in [0.2, 0.25) is 0 Å². The molecule has 0 aliphatic carbocycles. The Balaban J connectivity index is 1.70. The predicted molar refractivity (Wildman–Crippen MR) is 123 cm³/mol. The number of hydrogen-bond acceptors (Lipinski definition) is 4. The Morgan fingerprint density at radius 2 is 1.07 bits per heavy atom. The molecule has 1 aliphatic rings. The van der Waals surface area contributed by atoms with E-state index in [4.69, 9.17) is 5.10 Å². The van der Waals surface area contributed by atoms with Crippen molar-refractivity contribution in [2.24, 2.45) is 5.10 Å². The molecule has 1 unspecified atom stereocenters. The van der Waals surface area contributed by atoms with Gasteiger partial charge in [-0.25, -0.2) is 5.01 Å². The second-order valence-electron chi connectivity index (χ2n) is 7.10. The van der Waals surface area contributed by atoms with Crippen LogP contribution in [0.4, 0.5) is 11.4 Å². The molecule has 1 heterocycles. The highest BCUT2D eigenvalue weighted by atomic mass is 15.7. The van der Waals surface area contributed by atoms with Crippen molar-refractivity contribution in [3.8, 4) is 0 Å². The fraction of sp³-hybridized carbons (Fsp3) is 0.0385. The van der Waals surface area contributed by atoms with E-state index in [1.165, 1.54) is 0 Å². The maximum absolute atomic E-state index is 5.05. The number of para-hydroxylation sites is 2. The van der Waals surface area contributed by atoms with E-state index in [-0.39, 0.29) is 6.17 Å². The third kappa shape index (κ3) is 3.51. The number of hydrogen-bond donors (Lipinski definition) is 1. The predicted octanol–water partition coefficient (Wildman–Crippen LogP) is 5.58. The van der Waals surface area contributed by atoms with Gasteiger partial charge in [0.25, 0.3) is 0 Å². The Bertz CT molecular complexity index is 1110. The summed E-state index contributed by atoms with van der Waals surface area (Å²) in [7, 11) is 0. The van der Waals surface area contributed by atoms with Crippen LogP contribution >= 0.6 is 0 Å². The fourth-order valence-corrected chi connectivity index (χ4v) is 3.68. The van der Waals surface area contributed by atoms with E-state index in [1.807, 2.05) is 48.5 Å². The highest BCUT2D eigenvalue weighted by Crippen LogP contribution is 2.35. The molecule has 0 amide bonds. The molecule has 0 bridgehead atoms. The number of amidine groups is 1. The van der Waals surface area contributed by atoms with Gasteiger partial charge in [0, 0.05) is 5.56 Å². The Labute approximate surface area is 176 Å². The molecule has 0 saturated heterocycles. The van der Waals surface area contributed by atoms with Gasteiger partial charge >= 0.3 is 0 Å². The van der Waals surface area contributed by atoms with Gasteiger partial charge in [0.05, 0.1) is 11.4 Å². The summed E-state index contributed by atoms with van der Waals surface area (Å²) in [4.78, 5) is 0. The summed E-state index contributed by atoms with van der Waals surface area (Å²) in [5, 5.41) is 9.32. The standard InChI is InChI=1S/C26H22N4/c1-5-13-21(14-6-1)25-27-29(23-17-9-3-10-18-23)26(22-15-7-2-8-16-22)30(28-25)24-19-11-4-12-20-24/h1-20,26H,(H,27,28). The topological polar surface area (TPSA) is 30.9 Å². The molecule has 1 N–H and O–H groups in total. The van der Waals surface area contributed by atoms with E-state index in [1.54, 1.807) is 0 Å². The lowest BCUT2D eigenvalue weighted by Gasteiger charge is -2.44. The quantitative estimate of drug-likeness (QED) is 0.494. The molecule has 0 saturated carbocycles. The Morgan fingerprint density at radius 3 is 1.67 bits per heavy atom. The van der Waals surface area contributed by atoms with Crippen molar-refractivity contribution in [1.29, 1.82) is 0 Å². The minimum absolute atomic E-state index is 0.150. The monoisotopic (exact) mass is 390 g/mol. The number of hydrazine groups is 1. The number of hydrazone groups is 1. The summed E-state index contributed by atoms with van der Waals surface area (Å²) in [6.07, 6.45) is -0.150. The molecule has 4 nitrogen and oxygen atoms in total. The smallest absolute Gasteiger partial charge is 0.172 e. The molecule has 1 atom stereocenters. The zero-order valence-electron chi connectivity index (χ0n) is 16.5. The van der Waals surface area contributed by atoms with E-state index in [9.17, 15) is 0 Å². The maximum Gasteiger partial charge on any atom is 0.172 e. The second kappa shape index (κ2) is 8.13. The van der Waals surface area contributed by atoms with Crippen LogP contribution in [0, 0.1) is 0 Å². The van der Waals surface area contributed by atoms with Crippen molar-refractivity contribution in [1.82, 2.24) is 5.43 Å². The van der Waals surface area contributed by atoms with Crippen molar-refractivity contribution in [3.63, 3.8) is 0 Å². The largest absolute Gasteiger partial charge is 0.277 e. The molecular formula is C26H22N4. The van der Waals surface area contributed by atoms with E-state index in [0.717, 1.165) is 28.3 Å². The number of rotatable bonds is 4. The first-order valence-corrected chi connectivity index (χ1v) is 10.0. The van der Waals surface area contributed by atoms with Crippen LogP contribution in [0.3, 0.4) is 0 Å². The normalized spacial score (nSPS) is 16.0. The first-order valence-electron chi connectivity index (χ1n) is 10.0. The molecule has 1 aliphatic heterocycles. The van der Waals surface area contributed by atoms with Gasteiger partial charge in [-0.05, 0) is 29.8 Å². The summed E-state index contributed by atoms with van der Waals surface area (Å²) >= 11 is 0. The average Bonchev–Trinajstić information content (AvgIpc) is 2.85. The van der Waals surface area contributed by atoms with Crippen molar-refractivity contribution < 1.29 is 0 Å². The summed E-state index contributed by atoms with van der Waals surface area (Å²) in [5.74, 6) is 0.801. The fourth-order valence-electron chi connectivity index (χ4n) is 3.68. The molecule has 30 heavy (non-hydrogen) atoms. The number of nitrogens with one attached hydrogen (secondary N) is 1. The minimum Gasteiger partial charge on any atom is -0.277 e. The maximum atomic E-state index is 5.05. The van der Waals surface area contributed by atoms with Crippen LogP contribution in [-0.4, -0.2) is 5.84 Å². The molecule has 0 aromatic heterocycles. The van der Waals surface area contributed by atoms with Crippen LogP contribution in [0.15, 0.2) is 126 Å². The lowest BCUT2D eigenvalue weighted by molar-refractivity contribution is 0.538. The molecule has 5 rings (SSSR count). The van der Waals surface area contributed by atoms with Crippen molar-refractivity contribution in [2.45, 2.75) is 6.17 Å². The van der Waals surface area contributed by atoms with E-state index in [2.05, 4.69) is 88.2 Å². The third-order valence-electron chi connectivity index (χ3n) is 5.11. The van der Waals surface area contributed by atoms with Crippen molar-refractivity contribution in [2.75, 3.05) is 10.0 Å². The lowest BCUT2D eigenvalue weighted by Crippen LogP contribution is -2.55. The second-order valence-corrected chi connectivity index (χ2v) is 7.10. The van der Waals surface area contributed by atoms with Gasteiger partial charge in [-0.1, -0.05) is 97.1 Å². The summed E-state index contributed by atoms with van der Waals surface area (Å²) in [6.45, 7) is 0. The van der Waals surface area contributed by atoms with Gasteiger partial charge in [0.2, 0.25) is 0 Å². The highest BCUT2D eigenvalue weighted by Gasteiger charge is 2.33. The van der Waals surface area contributed by atoms with Gasteiger partial charge in [-0.3, -0.25) is 10.4 Å².